The Labute approximate surface area is 176 Å². The van der Waals surface area contributed by atoms with E-state index in [1.54, 1.807) is 0 Å². The zero-order valence-corrected chi connectivity index (χ0v) is 18.4. The number of amidine groups is 1. The van der Waals surface area contributed by atoms with Crippen molar-refractivity contribution in [2.45, 2.75) is 10.3 Å². The molecule has 0 fully saturated rings. The number of halogens is 1. The molecule has 1 unspecified atom stereocenters. The van der Waals surface area contributed by atoms with Crippen LogP contribution in [0.4, 0.5) is 0 Å². The molecular weight excluding hydrogens is 474 g/mol. The monoisotopic (exact) mass is 492 g/mol. The van der Waals surface area contributed by atoms with E-state index in [4.69, 9.17) is 8.38 Å². The molecular formula is C19H18IN3O2Sc. The molecule has 1 spiro atoms. The second-order valence-electron chi connectivity index (χ2n) is 6.34. The van der Waals surface area contributed by atoms with E-state index in [0.29, 0.717) is 5.69 Å². The van der Waals surface area contributed by atoms with E-state index in [2.05, 4.69) is 31.2 Å². The summed E-state index contributed by atoms with van der Waals surface area (Å²) in [7, 11) is 0. The molecule has 0 N–H and O–H groups in total. The average molecular weight is 492 g/mol. The Kier molecular flexibility index (Phi) is 4.22. The average Bonchev–Trinajstić information content (AvgIpc) is 3.25. The van der Waals surface area contributed by atoms with Crippen molar-refractivity contribution < 1.29 is 58.7 Å². The summed E-state index contributed by atoms with van der Waals surface area (Å²) in [5.41, 5.74) is 2.89. The van der Waals surface area contributed by atoms with Gasteiger partial charge in [0.15, 0.2) is 0 Å². The van der Waals surface area contributed by atoms with Gasteiger partial charge in [0.1, 0.15) is 0 Å². The zero-order chi connectivity index (χ0) is 17.2. The summed E-state index contributed by atoms with van der Waals surface area (Å²) in [5.74, 6) is 0.721. The third kappa shape index (κ3) is 1.96. The number of allylic oxidation sites excluding steroid dienone is 1. The Morgan fingerprint density at radius 2 is 2.04 bits per heavy atom. The van der Waals surface area contributed by atoms with Crippen molar-refractivity contribution >= 4 is 11.8 Å². The van der Waals surface area contributed by atoms with Gasteiger partial charge >= 0.3 is 152 Å². The van der Waals surface area contributed by atoms with Crippen molar-refractivity contribution in [1.29, 1.82) is 0 Å². The van der Waals surface area contributed by atoms with Crippen LogP contribution >= 0.6 is 0 Å². The Bertz CT molecular complexity index is 992. The van der Waals surface area contributed by atoms with Crippen molar-refractivity contribution in [3.8, 4) is 0 Å². The summed E-state index contributed by atoms with van der Waals surface area (Å²) < 4.78 is 10.3. The molecule has 3 aliphatic heterocycles. The number of fused-ring (bicyclic) bond motifs is 5. The van der Waals surface area contributed by atoms with Gasteiger partial charge in [0.05, 0.1) is 0 Å². The minimum absolute atomic E-state index is 0. The van der Waals surface area contributed by atoms with E-state index in [-0.39, 0.29) is 31.8 Å². The van der Waals surface area contributed by atoms with Crippen molar-refractivity contribution in [2.75, 3.05) is 13.1 Å². The van der Waals surface area contributed by atoms with Gasteiger partial charge in [-0.3, -0.25) is 0 Å². The Morgan fingerprint density at radius 3 is 2.85 bits per heavy atom. The van der Waals surface area contributed by atoms with Crippen LogP contribution in [-0.4, -0.2) is 27.7 Å². The van der Waals surface area contributed by atoms with Gasteiger partial charge in [-0.1, -0.05) is 0 Å². The number of carbonyl (C=O) groups excluding carboxylic acids is 1. The molecule has 26 heavy (non-hydrogen) atoms. The molecule has 0 aliphatic carbocycles. The predicted molar refractivity (Wildman–Crippen MR) is 88.9 cm³/mol. The topological polar surface area (TPSA) is 47.3 Å². The molecule has 7 heteroatoms. The molecule has 0 saturated carbocycles. The van der Waals surface area contributed by atoms with Crippen LogP contribution in [0.5, 0.6) is 0 Å². The van der Waals surface area contributed by atoms with E-state index >= 15 is 0 Å². The molecule has 0 amide bonds. The van der Waals surface area contributed by atoms with Gasteiger partial charge in [-0.2, -0.15) is 0 Å². The summed E-state index contributed by atoms with van der Waals surface area (Å²) in [5, 5.41) is 4.76. The SMILES string of the molecule is C=C[C@]1(C)c2ccccc2C2=[N+](CC[N-]2)[I-]12OC(=O)c1cccc[n+]12.[Sc]. The van der Waals surface area contributed by atoms with Crippen molar-refractivity contribution in [1.82, 2.24) is 0 Å². The van der Waals surface area contributed by atoms with Crippen molar-refractivity contribution in [2.24, 2.45) is 0 Å². The summed E-state index contributed by atoms with van der Waals surface area (Å²) >= 11 is -3.57. The second-order valence-corrected chi connectivity index (χ2v) is 13.8. The minimum atomic E-state index is -3.57. The molecule has 3 aliphatic rings. The van der Waals surface area contributed by atoms with Crippen LogP contribution in [0, 0.1) is 0 Å². The van der Waals surface area contributed by atoms with Gasteiger partial charge in [0, 0.05) is 25.8 Å². The third-order valence-electron chi connectivity index (χ3n) is 5.10. The first-order valence-electron chi connectivity index (χ1n) is 8.21. The number of hydrogen-bond acceptors (Lipinski definition) is 2. The third-order valence-corrected chi connectivity index (χ3v) is 14.8. The van der Waals surface area contributed by atoms with Gasteiger partial charge in [-0.15, -0.1) is 0 Å². The maximum Gasteiger partial charge on any atom is 0 e. The normalized spacial score (nSPS) is 30.3. The molecule has 2 atom stereocenters. The number of rotatable bonds is 1. The quantitative estimate of drug-likeness (QED) is 0.226. The smallest absolute Gasteiger partial charge is 0 e. The van der Waals surface area contributed by atoms with Crippen LogP contribution in [-0.2, 0) is 32.3 Å². The van der Waals surface area contributed by atoms with Crippen molar-refractivity contribution in [3.63, 3.8) is 0 Å². The van der Waals surface area contributed by atoms with Crippen LogP contribution in [0.2, 0.25) is 0 Å². The fourth-order valence-electron chi connectivity index (χ4n) is 3.89. The summed E-state index contributed by atoms with van der Waals surface area (Å²) in [6.07, 6.45) is 3.96. The van der Waals surface area contributed by atoms with E-state index < -0.39 is 22.8 Å². The molecule has 5 nitrogen and oxygen atoms in total. The molecule has 0 saturated heterocycles. The Balaban J connectivity index is 0.00000168. The van der Waals surface area contributed by atoms with Crippen LogP contribution in [0.1, 0.15) is 28.5 Å². The van der Waals surface area contributed by atoms with Gasteiger partial charge in [-0.25, -0.2) is 0 Å². The van der Waals surface area contributed by atoms with E-state index in [1.165, 1.54) is 0 Å². The number of alkyl halides is 1. The minimum Gasteiger partial charge on any atom is 0 e. The maximum absolute atomic E-state index is 12.7. The number of aromatic nitrogens is 1. The molecule has 2 aromatic rings. The fourth-order valence-corrected chi connectivity index (χ4v) is 13.8. The molecule has 1 aromatic heterocycles. The molecule has 1 aromatic carbocycles. The summed E-state index contributed by atoms with van der Waals surface area (Å²) in [4.78, 5) is 12.7. The standard InChI is InChI=1S/C19H18IN3O2.Sc/c1-3-19(2)15-9-5-4-8-14(15)17-21-11-13-23(17)20(19)22-12-7-6-10-16(22)18(24)25-20;/h3-10,12H,1,11,13H2,2H3;/t19-;/m1./s1. The summed E-state index contributed by atoms with van der Waals surface area (Å²) in [6.45, 7) is 7.82. The second kappa shape index (κ2) is 6.09. The molecule has 5 rings (SSSR count). The molecule has 131 valence electrons. The predicted octanol–water partition coefficient (Wildman–Crippen LogP) is -0.843. The van der Waals surface area contributed by atoms with Crippen LogP contribution in [0.15, 0.2) is 61.3 Å². The Morgan fingerprint density at radius 1 is 1.27 bits per heavy atom. The zero-order valence-electron chi connectivity index (χ0n) is 14.4. The van der Waals surface area contributed by atoms with Crippen LogP contribution in [0.25, 0.3) is 5.32 Å². The summed E-state index contributed by atoms with van der Waals surface area (Å²) in [6, 6.07) is 14.0. The number of nitrogens with zero attached hydrogens (tertiary/aromatic N) is 3. The van der Waals surface area contributed by atoms with Gasteiger partial charge in [0.2, 0.25) is 0 Å². The van der Waals surface area contributed by atoms with Gasteiger partial charge < -0.3 is 0 Å². The first-order chi connectivity index (χ1) is 12.1. The van der Waals surface area contributed by atoms with Crippen LogP contribution < -0.4 is 22.2 Å². The van der Waals surface area contributed by atoms with Crippen LogP contribution in [0.3, 0.4) is 0 Å². The largest absolute Gasteiger partial charge is 0 e. The fraction of sp³-hybridized carbons (Fsp3) is 0.211. The molecule has 1 radical (unpaired) electrons. The molecule has 4 heterocycles. The van der Waals surface area contributed by atoms with E-state index in [0.717, 1.165) is 30.1 Å². The number of hydrogen-bond donors (Lipinski definition) is 0. The van der Waals surface area contributed by atoms with E-state index in [1.807, 2.05) is 42.6 Å². The Hall–Kier alpha value is -1.35. The maximum atomic E-state index is 12.7. The van der Waals surface area contributed by atoms with Gasteiger partial charge in [0.25, 0.3) is 0 Å². The number of benzene rings is 1. The van der Waals surface area contributed by atoms with Gasteiger partial charge in [-0.05, 0) is 0 Å². The molecule has 0 bridgehead atoms. The first kappa shape index (κ1) is 18.0. The number of carbonyl (C=O) groups is 1. The van der Waals surface area contributed by atoms with Crippen molar-refractivity contribution in [3.05, 3.63) is 83.5 Å². The number of pyridine rings is 1. The van der Waals surface area contributed by atoms with E-state index in [9.17, 15) is 4.79 Å². The first-order valence-corrected chi connectivity index (χ1v) is 12.1.